The van der Waals surface area contributed by atoms with Gasteiger partial charge in [0.05, 0.1) is 13.2 Å². The first-order valence-corrected chi connectivity index (χ1v) is 8.11. The molecular weight excluding hydrogens is 271 g/mol. The van der Waals surface area contributed by atoms with E-state index in [0.29, 0.717) is 6.42 Å². The van der Waals surface area contributed by atoms with Crippen molar-refractivity contribution in [3.63, 3.8) is 0 Å². The van der Waals surface area contributed by atoms with Crippen LogP contribution in [0.3, 0.4) is 0 Å². The SMILES string of the molecule is CCCCOP(=O)(OCC)C1C(=O)NC(=O)N1CC. The summed E-state index contributed by atoms with van der Waals surface area (Å²) in [4.78, 5) is 24.6. The maximum absolute atomic E-state index is 12.7. The molecule has 0 spiro atoms. The van der Waals surface area contributed by atoms with Crippen molar-refractivity contribution in [3.8, 4) is 0 Å². The first-order valence-electron chi connectivity index (χ1n) is 6.50. The zero-order valence-electron chi connectivity index (χ0n) is 11.5. The molecular formula is C11H21N2O5P. The maximum atomic E-state index is 12.7. The Morgan fingerprint density at radius 3 is 2.47 bits per heavy atom. The van der Waals surface area contributed by atoms with Crippen molar-refractivity contribution in [3.05, 3.63) is 0 Å². The molecule has 7 nitrogen and oxygen atoms in total. The molecule has 0 radical (unpaired) electrons. The third-order valence-electron chi connectivity index (χ3n) is 2.74. The number of likely N-dealkylation sites (N-methyl/N-ethyl adjacent to an activating group) is 1. The number of hydrogen-bond acceptors (Lipinski definition) is 5. The Kier molecular flexibility index (Phi) is 5.97. The number of imide groups is 1. The topological polar surface area (TPSA) is 84.9 Å². The number of unbranched alkanes of at least 4 members (excludes halogenated alkanes) is 1. The van der Waals surface area contributed by atoms with Gasteiger partial charge in [-0.2, -0.15) is 0 Å². The van der Waals surface area contributed by atoms with Crippen LogP contribution < -0.4 is 5.32 Å². The van der Waals surface area contributed by atoms with Crippen molar-refractivity contribution < 1.29 is 23.2 Å². The molecule has 19 heavy (non-hydrogen) atoms. The Bertz CT molecular complexity index is 387. The predicted octanol–water partition coefficient (Wildman–Crippen LogP) is 1.93. The number of urea groups is 1. The zero-order chi connectivity index (χ0) is 14.5. The summed E-state index contributed by atoms with van der Waals surface area (Å²) in [5, 5.41) is 2.14. The quantitative estimate of drug-likeness (QED) is 0.420. The van der Waals surface area contributed by atoms with Gasteiger partial charge in [-0.25, -0.2) is 4.79 Å². The summed E-state index contributed by atoms with van der Waals surface area (Å²) in [6, 6.07) is -0.559. The minimum atomic E-state index is -3.67. The van der Waals surface area contributed by atoms with E-state index in [1.54, 1.807) is 13.8 Å². The number of nitrogens with zero attached hydrogens (tertiary/aromatic N) is 1. The average molecular weight is 292 g/mol. The van der Waals surface area contributed by atoms with Gasteiger partial charge >= 0.3 is 13.6 Å². The lowest BCUT2D eigenvalue weighted by atomic mass is 10.4. The molecule has 2 unspecified atom stereocenters. The molecule has 1 aliphatic rings. The molecule has 0 aromatic rings. The summed E-state index contributed by atoms with van der Waals surface area (Å²) < 4.78 is 23.2. The van der Waals surface area contributed by atoms with Crippen molar-refractivity contribution >= 4 is 19.5 Å². The molecule has 2 atom stereocenters. The van der Waals surface area contributed by atoms with Crippen molar-refractivity contribution in [2.45, 2.75) is 39.4 Å². The van der Waals surface area contributed by atoms with Crippen LogP contribution in [0.15, 0.2) is 0 Å². The highest BCUT2D eigenvalue weighted by molar-refractivity contribution is 7.55. The fourth-order valence-electron chi connectivity index (χ4n) is 1.82. The van der Waals surface area contributed by atoms with Crippen molar-refractivity contribution in [2.75, 3.05) is 19.8 Å². The molecule has 0 aliphatic carbocycles. The average Bonchev–Trinajstić information content (AvgIpc) is 2.64. The standard InChI is InChI=1S/C11H21N2O5P/c1-4-7-8-18-19(16,17-6-3)10-9(14)12-11(15)13(10)5-2/h10H,4-8H2,1-3H3,(H,12,14,15). The van der Waals surface area contributed by atoms with Gasteiger partial charge < -0.3 is 13.9 Å². The third-order valence-corrected chi connectivity index (χ3v) is 5.01. The highest BCUT2D eigenvalue weighted by Crippen LogP contribution is 2.55. The summed E-state index contributed by atoms with van der Waals surface area (Å²) in [5.41, 5.74) is 0. The second-order valence-corrected chi connectivity index (χ2v) is 6.18. The molecule has 1 aliphatic heterocycles. The largest absolute Gasteiger partial charge is 0.362 e. The van der Waals surface area contributed by atoms with E-state index in [0.717, 1.165) is 6.42 Å². The van der Waals surface area contributed by atoms with Crippen molar-refractivity contribution in [1.82, 2.24) is 10.2 Å². The molecule has 1 saturated heterocycles. The van der Waals surface area contributed by atoms with Crippen LogP contribution in [-0.4, -0.2) is 42.4 Å². The second-order valence-electron chi connectivity index (χ2n) is 4.10. The highest BCUT2D eigenvalue weighted by atomic mass is 31.2. The Labute approximate surface area is 113 Å². The first kappa shape index (κ1) is 16.1. The lowest BCUT2D eigenvalue weighted by molar-refractivity contribution is -0.119. The van der Waals surface area contributed by atoms with Crippen LogP contribution >= 0.6 is 7.60 Å². The van der Waals surface area contributed by atoms with Gasteiger partial charge in [0.1, 0.15) is 0 Å². The number of nitrogens with one attached hydrogen (secondary N) is 1. The van der Waals surface area contributed by atoms with E-state index in [-0.39, 0.29) is 19.8 Å². The predicted molar refractivity (Wildman–Crippen MR) is 69.8 cm³/mol. The van der Waals surface area contributed by atoms with Gasteiger partial charge in [-0.1, -0.05) is 13.3 Å². The van der Waals surface area contributed by atoms with E-state index in [4.69, 9.17) is 9.05 Å². The molecule has 110 valence electrons. The summed E-state index contributed by atoms with van der Waals surface area (Å²) in [6.45, 7) is 5.99. The minimum absolute atomic E-state index is 0.152. The zero-order valence-corrected chi connectivity index (χ0v) is 12.4. The molecule has 0 aromatic carbocycles. The van der Waals surface area contributed by atoms with Gasteiger partial charge in [0.25, 0.3) is 5.91 Å². The van der Waals surface area contributed by atoms with Gasteiger partial charge in [0.2, 0.25) is 5.78 Å². The maximum Gasteiger partial charge on any atom is 0.362 e. The molecule has 1 heterocycles. The summed E-state index contributed by atoms with van der Waals surface area (Å²) >= 11 is 0. The summed E-state index contributed by atoms with van der Waals surface area (Å²) in [5.74, 6) is -1.80. The Hall–Kier alpha value is -0.910. The van der Waals surface area contributed by atoms with Gasteiger partial charge in [-0.05, 0) is 20.3 Å². The van der Waals surface area contributed by atoms with Gasteiger partial charge in [-0.15, -0.1) is 0 Å². The number of hydrogen-bond donors (Lipinski definition) is 1. The number of amides is 3. The van der Waals surface area contributed by atoms with E-state index < -0.39 is 25.3 Å². The Morgan fingerprint density at radius 2 is 1.95 bits per heavy atom. The van der Waals surface area contributed by atoms with E-state index >= 15 is 0 Å². The summed E-state index contributed by atoms with van der Waals surface area (Å²) in [6.07, 6.45) is 1.59. The Morgan fingerprint density at radius 1 is 1.26 bits per heavy atom. The molecule has 0 bridgehead atoms. The molecule has 1 N–H and O–H groups in total. The lowest BCUT2D eigenvalue weighted by Gasteiger charge is -2.27. The van der Waals surface area contributed by atoms with Gasteiger partial charge in [-0.3, -0.25) is 14.7 Å². The Balaban J connectivity index is 2.92. The first-order chi connectivity index (χ1) is 9.00. The van der Waals surface area contributed by atoms with Crippen LogP contribution in [0.25, 0.3) is 0 Å². The molecule has 0 aromatic heterocycles. The van der Waals surface area contributed by atoms with Gasteiger partial charge in [0.15, 0.2) is 0 Å². The van der Waals surface area contributed by atoms with Crippen LogP contribution in [-0.2, 0) is 18.4 Å². The van der Waals surface area contributed by atoms with E-state index in [2.05, 4.69) is 5.32 Å². The van der Waals surface area contributed by atoms with Crippen LogP contribution in [0, 0.1) is 0 Å². The molecule has 0 saturated carbocycles. The second kappa shape index (κ2) is 7.03. The summed E-state index contributed by atoms with van der Waals surface area (Å²) in [7, 11) is -3.67. The highest BCUT2D eigenvalue weighted by Gasteiger charge is 2.51. The van der Waals surface area contributed by atoms with Crippen molar-refractivity contribution in [2.24, 2.45) is 0 Å². The lowest BCUT2D eigenvalue weighted by Crippen LogP contribution is -2.36. The fraction of sp³-hybridized carbons (Fsp3) is 0.818. The molecule has 1 fully saturated rings. The number of carbonyl (C=O) groups is 2. The van der Waals surface area contributed by atoms with Crippen LogP contribution in [0.4, 0.5) is 4.79 Å². The third kappa shape index (κ3) is 3.55. The van der Waals surface area contributed by atoms with Crippen molar-refractivity contribution in [1.29, 1.82) is 0 Å². The van der Waals surface area contributed by atoms with Crippen LogP contribution in [0.1, 0.15) is 33.6 Å². The van der Waals surface area contributed by atoms with E-state index in [1.807, 2.05) is 6.92 Å². The fourth-order valence-corrected chi connectivity index (χ4v) is 3.88. The normalized spacial score (nSPS) is 22.5. The molecule has 3 amide bonds. The van der Waals surface area contributed by atoms with Crippen LogP contribution in [0.2, 0.25) is 0 Å². The number of carbonyl (C=O) groups excluding carboxylic acids is 2. The molecule has 8 heteroatoms. The smallest absolute Gasteiger partial charge is 0.307 e. The van der Waals surface area contributed by atoms with Crippen LogP contribution in [0.5, 0.6) is 0 Å². The number of rotatable bonds is 8. The van der Waals surface area contributed by atoms with Gasteiger partial charge in [0, 0.05) is 6.54 Å². The van der Waals surface area contributed by atoms with E-state index in [1.165, 1.54) is 4.90 Å². The van der Waals surface area contributed by atoms with E-state index in [9.17, 15) is 14.2 Å². The molecule has 1 rings (SSSR count). The monoisotopic (exact) mass is 292 g/mol. The minimum Gasteiger partial charge on any atom is -0.307 e.